The molecule has 1 aliphatic heterocycles. The van der Waals surface area contributed by atoms with Crippen molar-refractivity contribution in [3.05, 3.63) is 52.2 Å². The summed E-state index contributed by atoms with van der Waals surface area (Å²) in [7, 11) is 0. The van der Waals surface area contributed by atoms with Crippen molar-refractivity contribution < 1.29 is 5.11 Å². The Labute approximate surface area is 148 Å². The number of hydrogen-bond donors (Lipinski definition) is 2. The van der Waals surface area contributed by atoms with E-state index >= 15 is 0 Å². The lowest BCUT2D eigenvalue weighted by atomic mass is 10.00. The Bertz CT molecular complexity index is 799. The number of aliphatic hydroxyl groups is 1. The molecule has 0 spiro atoms. The molecule has 2 heterocycles. The van der Waals surface area contributed by atoms with E-state index < -0.39 is 6.10 Å². The second-order valence-corrected chi connectivity index (χ2v) is 6.53. The van der Waals surface area contributed by atoms with Crippen molar-refractivity contribution in [1.82, 2.24) is 15.1 Å². The van der Waals surface area contributed by atoms with E-state index in [1.165, 1.54) is 11.1 Å². The van der Waals surface area contributed by atoms with E-state index in [1.807, 2.05) is 13.8 Å². The van der Waals surface area contributed by atoms with Gasteiger partial charge in [-0.15, -0.1) is 5.10 Å². The smallest absolute Gasteiger partial charge is 0.167 e. The minimum atomic E-state index is -0.541. The molecule has 1 atom stereocenters. The quantitative estimate of drug-likeness (QED) is 0.865. The van der Waals surface area contributed by atoms with Crippen molar-refractivity contribution in [2.75, 3.05) is 25.0 Å². The summed E-state index contributed by atoms with van der Waals surface area (Å²) in [5.41, 5.74) is 4.79. The summed E-state index contributed by atoms with van der Waals surface area (Å²) in [6.07, 6.45) is 0.470. The topological polar surface area (TPSA) is 85.1 Å². The highest BCUT2D eigenvalue weighted by Crippen LogP contribution is 2.19. The largest absolute Gasteiger partial charge is 0.390 e. The number of aryl methyl sites for hydroxylation is 1. The lowest BCUT2D eigenvalue weighted by Crippen LogP contribution is -2.39. The summed E-state index contributed by atoms with van der Waals surface area (Å²) in [5.74, 6) is 0.439. The summed E-state index contributed by atoms with van der Waals surface area (Å²) in [5, 5.41) is 30.8. The van der Waals surface area contributed by atoms with E-state index in [0.717, 1.165) is 30.8 Å². The lowest BCUT2D eigenvalue weighted by Gasteiger charge is -2.30. The number of aliphatic hydroxyl groups excluding tert-OH is 1. The van der Waals surface area contributed by atoms with Crippen molar-refractivity contribution in [2.24, 2.45) is 0 Å². The standard InChI is InChI=1S/C19H23N5O/c1-13-14(2)22-23-19(18(13)9-20)21-10-17(25)12-24-8-7-15-5-3-4-6-16(15)11-24/h3-6,17,25H,7-8,10-12H2,1-2H3,(H,21,23). The van der Waals surface area contributed by atoms with Gasteiger partial charge in [-0.1, -0.05) is 24.3 Å². The van der Waals surface area contributed by atoms with Gasteiger partial charge in [-0.25, -0.2) is 0 Å². The number of aromatic nitrogens is 2. The van der Waals surface area contributed by atoms with Gasteiger partial charge >= 0.3 is 0 Å². The summed E-state index contributed by atoms with van der Waals surface area (Å²) in [6.45, 7) is 6.41. The first-order valence-electron chi connectivity index (χ1n) is 8.53. The van der Waals surface area contributed by atoms with E-state index in [1.54, 1.807) is 0 Å². The van der Waals surface area contributed by atoms with E-state index in [4.69, 9.17) is 0 Å². The van der Waals surface area contributed by atoms with E-state index in [9.17, 15) is 10.4 Å². The third kappa shape index (κ3) is 3.95. The third-order valence-electron chi connectivity index (χ3n) is 4.75. The van der Waals surface area contributed by atoms with E-state index in [-0.39, 0.29) is 0 Å². The Kier molecular flexibility index (Phi) is 5.27. The molecular formula is C19H23N5O. The van der Waals surface area contributed by atoms with Crippen molar-refractivity contribution in [1.29, 1.82) is 5.26 Å². The van der Waals surface area contributed by atoms with Crippen molar-refractivity contribution >= 4 is 5.82 Å². The molecule has 0 radical (unpaired) electrons. The first kappa shape index (κ1) is 17.3. The Morgan fingerprint density at radius 2 is 2.04 bits per heavy atom. The van der Waals surface area contributed by atoms with Gasteiger partial charge in [0, 0.05) is 26.2 Å². The van der Waals surface area contributed by atoms with Crippen LogP contribution in [0.4, 0.5) is 5.82 Å². The summed E-state index contributed by atoms with van der Waals surface area (Å²) < 4.78 is 0. The molecule has 1 unspecified atom stereocenters. The van der Waals surface area contributed by atoms with Crippen molar-refractivity contribution in [3.8, 4) is 6.07 Å². The highest BCUT2D eigenvalue weighted by atomic mass is 16.3. The van der Waals surface area contributed by atoms with Gasteiger partial charge in [-0.3, -0.25) is 4.90 Å². The molecule has 1 aromatic heterocycles. The Morgan fingerprint density at radius 3 is 2.80 bits per heavy atom. The average molecular weight is 337 g/mol. The number of hydrogen-bond acceptors (Lipinski definition) is 6. The van der Waals surface area contributed by atoms with E-state index in [0.29, 0.717) is 24.5 Å². The van der Waals surface area contributed by atoms with Gasteiger partial charge < -0.3 is 10.4 Å². The molecule has 0 bridgehead atoms. The molecule has 0 saturated heterocycles. The fourth-order valence-corrected chi connectivity index (χ4v) is 3.16. The molecule has 6 heteroatoms. The van der Waals surface area contributed by atoms with Gasteiger partial charge in [0.25, 0.3) is 0 Å². The minimum Gasteiger partial charge on any atom is -0.390 e. The maximum Gasteiger partial charge on any atom is 0.167 e. The summed E-state index contributed by atoms with van der Waals surface area (Å²) in [6, 6.07) is 10.6. The number of anilines is 1. The highest BCUT2D eigenvalue weighted by Gasteiger charge is 2.19. The van der Waals surface area contributed by atoms with Crippen LogP contribution in [0.25, 0.3) is 0 Å². The molecule has 1 aliphatic rings. The number of benzene rings is 1. The molecule has 3 rings (SSSR count). The minimum absolute atomic E-state index is 0.337. The van der Waals surface area contributed by atoms with Gasteiger partial charge in [-0.05, 0) is 37.0 Å². The van der Waals surface area contributed by atoms with Crippen LogP contribution in [0, 0.1) is 25.2 Å². The van der Waals surface area contributed by atoms with Crippen LogP contribution in [0.3, 0.4) is 0 Å². The van der Waals surface area contributed by atoms with Gasteiger partial charge in [0.05, 0.1) is 11.8 Å². The van der Waals surface area contributed by atoms with Crippen molar-refractivity contribution in [2.45, 2.75) is 32.9 Å². The molecule has 6 nitrogen and oxygen atoms in total. The lowest BCUT2D eigenvalue weighted by molar-refractivity contribution is 0.114. The molecule has 0 saturated carbocycles. The molecule has 2 N–H and O–H groups in total. The normalized spacial score (nSPS) is 15.3. The van der Waals surface area contributed by atoms with Crippen LogP contribution in [-0.4, -0.2) is 45.9 Å². The SMILES string of the molecule is Cc1nnc(NCC(O)CN2CCc3ccccc3C2)c(C#N)c1C. The maximum absolute atomic E-state index is 10.4. The zero-order chi connectivity index (χ0) is 17.8. The van der Waals surface area contributed by atoms with Crippen LogP contribution in [0.5, 0.6) is 0 Å². The maximum atomic E-state index is 10.4. The number of β-amino-alcohol motifs (C(OH)–C–C–N with tert-alkyl or cyclic N) is 1. The van der Waals surface area contributed by atoms with Crippen LogP contribution < -0.4 is 5.32 Å². The van der Waals surface area contributed by atoms with Crippen LogP contribution in [0.1, 0.15) is 27.9 Å². The van der Waals surface area contributed by atoms with Gasteiger partial charge in [-0.2, -0.15) is 10.4 Å². The number of nitriles is 1. The molecule has 2 aromatic rings. The molecule has 130 valence electrons. The van der Waals surface area contributed by atoms with Crippen molar-refractivity contribution in [3.63, 3.8) is 0 Å². The van der Waals surface area contributed by atoms with Crippen LogP contribution >= 0.6 is 0 Å². The first-order chi connectivity index (χ1) is 12.1. The number of rotatable bonds is 5. The summed E-state index contributed by atoms with van der Waals surface area (Å²) in [4.78, 5) is 2.26. The zero-order valence-corrected chi connectivity index (χ0v) is 14.7. The second kappa shape index (κ2) is 7.60. The predicted octanol–water partition coefficient (Wildman–Crippen LogP) is 1.80. The van der Waals surface area contributed by atoms with Crippen LogP contribution in [-0.2, 0) is 13.0 Å². The monoisotopic (exact) mass is 337 g/mol. The third-order valence-corrected chi connectivity index (χ3v) is 4.75. The molecule has 1 aromatic carbocycles. The Hall–Kier alpha value is -2.49. The zero-order valence-electron chi connectivity index (χ0n) is 14.7. The molecule has 25 heavy (non-hydrogen) atoms. The van der Waals surface area contributed by atoms with Crippen LogP contribution in [0.2, 0.25) is 0 Å². The predicted molar refractivity (Wildman–Crippen MR) is 96.1 cm³/mol. The molecule has 0 aliphatic carbocycles. The fraction of sp³-hybridized carbons (Fsp3) is 0.421. The average Bonchev–Trinajstić information content (AvgIpc) is 2.62. The highest BCUT2D eigenvalue weighted by molar-refractivity contribution is 5.55. The number of nitrogens with one attached hydrogen (secondary N) is 1. The molecular weight excluding hydrogens is 314 g/mol. The summed E-state index contributed by atoms with van der Waals surface area (Å²) >= 11 is 0. The Balaban J connectivity index is 1.57. The number of nitrogens with zero attached hydrogens (tertiary/aromatic N) is 4. The number of fused-ring (bicyclic) bond motifs is 1. The van der Waals surface area contributed by atoms with E-state index in [2.05, 4.69) is 50.7 Å². The van der Waals surface area contributed by atoms with Crippen LogP contribution in [0.15, 0.2) is 24.3 Å². The molecule has 0 fully saturated rings. The fourth-order valence-electron chi connectivity index (χ4n) is 3.16. The van der Waals surface area contributed by atoms with Gasteiger partial charge in [0.15, 0.2) is 5.82 Å². The molecule has 0 amide bonds. The van der Waals surface area contributed by atoms with Gasteiger partial charge in [0.1, 0.15) is 11.6 Å². The second-order valence-electron chi connectivity index (χ2n) is 6.53. The van der Waals surface area contributed by atoms with Gasteiger partial charge in [0.2, 0.25) is 0 Å². The Morgan fingerprint density at radius 1 is 1.28 bits per heavy atom. The first-order valence-corrected chi connectivity index (χ1v) is 8.53.